The van der Waals surface area contributed by atoms with Crippen molar-refractivity contribution in [1.82, 2.24) is 0 Å². The van der Waals surface area contributed by atoms with Crippen LogP contribution in [0.2, 0.25) is 0 Å². The Morgan fingerprint density at radius 3 is 2.30 bits per heavy atom. The first-order valence-electron chi connectivity index (χ1n) is 7.57. The van der Waals surface area contributed by atoms with E-state index in [-0.39, 0.29) is 15.8 Å². The van der Waals surface area contributed by atoms with E-state index in [0.717, 1.165) is 23.8 Å². The van der Waals surface area contributed by atoms with E-state index in [1.54, 1.807) is 6.08 Å². The minimum Gasteiger partial charge on any atom is -0.320 e. The number of hydrogen-bond acceptors (Lipinski definition) is 3. The summed E-state index contributed by atoms with van der Waals surface area (Å²) in [6, 6.07) is 12.2. The van der Waals surface area contributed by atoms with Gasteiger partial charge in [0.2, 0.25) is 0 Å². The lowest BCUT2D eigenvalue weighted by Gasteiger charge is -2.19. The van der Waals surface area contributed by atoms with Crippen LogP contribution in [0, 0.1) is 0 Å². The zero-order valence-corrected chi connectivity index (χ0v) is 17.1. The Hall–Kier alpha value is -1.38. The SMILES string of the molecule is O=P(O)(O)C(F)(F)c1ccc(CS(=O)(=O)CC=Cc2ccccc2)cc1Br. The highest BCUT2D eigenvalue weighted by Crippen LogP contribution is 2.60. The van der Waals surface area contributed by atoms with Crippen molar-refractivity contribution in [3.63, 3.8) is 0 Å². The second kappa shape index (κ2) is 8.32. The lowest BCUT2D eigenvalue weighted by molar-refractivity contribution is 0.0557. The normalized spacial score (nSPS) is 13.2. The smallest absolute Gasteiger partial charge is 0.320 e. The second-order valence-electron chi connectivity index (χ2n) is 5.77. The van der Waals surface area contributed by atoms with Crippen molar-refractivity contribution in [3.05, 3.63) is 75.8 Å². The zero-order chi connectivity index (χ0) is 20.3. The molecule has 2 aromatic rings. The Morgan fingerprint density at radius 2 is 1.74 bits per heavy atom. The first kappa shape index (κ1) is 21.9. The maximum Gasteiger partial charge on any atom is 0.399 e. The van der Waals surface area contributed by atoms with Crippen molar-refractivity contribution in [2.24, 2.45) is 0 Å². The van der Waals surface area contributed by atoms with Crippen LogP contribution in [0.4, 0.5) is 8.78 Å². The van der Waals surface area contributed by atoms with Crippen LogP contribution in [0.1, 0.15) is 16.7 Å². The van der Waals surface area contributed by atoms with E-state index in [1.807, 2.05) is 30.3 Å². The van der Waals surface area contributed by atoms with Crippen LogP contribution in [0.3, 0.4) is 0 Å². The van der Waals surface area contributed by atoms with Gasteiger partial charge in [-0.2, -0.15) is 8.78 Å². The number of rotatable bonds is 7. The minimum atomic E-state index is -5.71. The third-order valence-electron chi connectivity index (χ3n) is 3.57. The molecule has 2 rings (SSSR count). The molecule has 0 aromatic heterocycles. The van der Waals surface area contributed by atoms with Crippen LogP contribution in [-0.4, -0.2) is 24.0 Å². The lowest BCUT2D eigenvalue weighted by Crippen LogP contribution is -2.15. The van der Waals surface area contributed by atoms with Gasteiger partial charge in [0.15, 0.2) is 9.84 Å². The molecule has 2 aromatic carbocycles. The summed E-state index contributed by atoms with van der Waals surface area (Å²) in [7, 11) is -9.26. The fraction of sp³-hybridized carbons (Fsp3) is 0.176. The van der Waals surface area contributed by atoms with Crippen molar-refractivity contribution < 1.29 is 31.6 Å². The van der Waals surface area contributed by atoms with E-state index in [2.05, 4.69) is 15.9 Å². The number of halogens is 3. The molecule has 0 radical (unpaired) electrons. The van der Waals surface area contributed by atoms with Crippen molar-refractivity contribution >= 4 is 39.4 Å². The standard InChI is InChI=1S/C17H16BrF2O5PS/c18-16-11-14(8-9-15(16)17(19,20)26(21,22)23)12-27(24,25)10-4-7-13-5-2-1-3-6-13/h1-9,11H,10,12H2,(H2,21,22,23). The van der Waals surface area contributed by atoms with E-state index in [9.17, 15) is 21.8 Å². The van der Waals surface area contributed by atoms with Crippen LogP contribution < -0.4 is 0 Å². The van der Waals surface area contributed by atoms with E-state index >= 15 is 0 Å². The molecule has 0 saturated carbocycles. The first-order valence-corrected chi connectivity index (χ1v) is 11.8. The summed E-state index contributed by atoms with van der Waals surface area (Å²) in [6.45, 7) is 0. The molecule has 0 bridgehead atoms. The molecule has 0 unspecified atom stereocenters. The third-order valence-corrected chi connectivity index (χ3v) is 6.67. The fourth-order valence-corrected chi connectivity index (χ4v) is 4.79. The van der Waals surface area contributed by atoms with Gasteiger partial charge in [-0.1, -0.05) is 70.5 Å². The van der Waals surface area contributed by atoms with Gasteiger partial charge in [0.1, 0.15) is 0 Å². The summed E-state index contributed by atoms with van der Waals surface area (Å²) < 4.78 is 62.7. The average molecular weight is 481 g/mol. The summed E-state index contributed by atoms with van der Waals surface area (Å²) in [6.07, 6.45) is 3.16. The van der Waals surface area contributed by atoms with E-state index < -0.39 is 34.4 Å². The summed E-state index contributed by atoms with van der Waals surface area (Å²) in [4.78, 5) is 17.6. The molecular weight excluding hydrogens is 465 g/mol. The quantitative estimate of drug-likeness (QED) is 0.576. The first-order chi connectivity index (χ1) is 12.4. The molecule has 0 aliphatic carbocycles. The summed E-state index contributed by atoms with van der Waals surface area (Å²) >= 11 is 2.83. The highest BCUT2D eigenvalue weighted by molar-refractivity contribution is 9.10. The molecule has 0 aliphatic heterocycles. The van der Waals surface area contributed by atoms with E-state index in [0.29, 0.717) is 0 Å². The van der Waals surface area contributed by atoms with E-state index in [4.69, 9.17) is 9.79 Å². The van der Waals surface area contributed by atoms with Gasteiger partial charge in [-0.05, 0) is 17.2 Å². The fourth-order valence-electron chi connectivity index (χ4n) is 2.26. The molecule has 2 N–H and O–H groups in total. The Morgan fingerprint density at radius 1 is 1.11 bits per heavy atom. The van der Waals surface area contributed by atoms with Gasteiger partial charge in [0.25, 0.3) is 0 Å². The van der Waals surface area contributed by atoms with Crippen LogP contribution in [0.5, 0.6) is 0 Å². The Balaban J connectivity index is 2.14. The molecule has 27 heavy (non-hydrogen) atoms. The number of hydrogen-bond donors (Lipinski definition) is 2. The molecule has 5 nitrogen and oxygen atoms in total. The number of alkyl halides is 2. The Kier molecular flexibility index (Phi) is 6.76. The van der Waals surface area contributed by atoms with Gasteiger partial charge in [-0.3, -0.25) is 4.57 Å². The predicted molar refractivity (Wildman–Crippen MR) is 103 cm³/mol. The molecule has 0 spiro atoms. The maximum absolute atomic E-state index is 13.8. The van der Waals surface area contributed by atoms with Gasteiger partial charge >= 0.3 is 13.3 Å². The molecule has 0 saturated heterocycles. The lowest BCUT2D eigenvalue weighted by atomic mass is 10.1. The monoisotopic (exact) mass is 480 g/mol. The van der Waals surface area contributed by atoms with Crippen LogP contribution in [0.15, 0.2) is 59.1 Å². The van der Waals surface area contributed by atoms with Gasteiger partial charge in [0, 0.05) is 10.0 Å². The van der Waals surface area contributed by atoms with Crippen molar-refractivity contribution in [2.75, 3.05) is 5.75 Å². The van der Waals surface area contributed by atoms with Gasteiger partial charge in [-0.25, -0.2) is 8.42 Å². The van der Waals surface area contributed by atoms with Crippen LogP contribution in [0.25, 0.3) is 6.08 Å². The topological polar surface area (TPSA) is 91.7 Å². The second-order valence-corrected chi connectivity index (χ2v) is 10.4. The molecule has 10 heteroatoms. The predicted octanol–water partition coefficient (Wildman–Crippen LogP) is 4.30. The summed E-state index contributed by atoms with van der Waals surface area (Å²) in [5.41, 5.74) is -4.21. The summed E-state index contributed by atoms with van der Waals surface area (Å²) in [5.74, 6) is -0.633. The highest BCUT2D eigenvalue weighted by atomic mass is 79.9. The molecule has 0 aliphatic rings. The van der Waals surface area contributed by atoms with Crippen LogP contribution in [-0.2, 0) is 25.8 Å². The molecule has 0 fully saturated rings. The van der Waals surface area contributed by atoms with Gasteiger partial charge in [0.05, 0.1) is 11.5 Å². The largest absolute Gasteiger partial charge is 0.399 e. The maximum atomic E-state index is 13.8. The van der Waals surface area contributed by atoms with Crippen LogP contribution >= 0.6 is 23.5 Å². The average Bonchev–Trinajstić information content (AvgIpc) is 2.54. The number of benzene rings is 2. The Bertz CT molecular complexity index is 988. The molecule has 0 heterocycles. The molecular formula is C17H16BrF2O5PS. The van der Waals surface area contributed by atoms with E-state index in [1.165, 1.54) is 6.08 Å². The number of sulfone groups is 1. The Labute approximate surface area is 163 Å². The summed E-state index contributed by atoms with van der Waals surface area (Å²) in [5, 5.41) is 0. The molecule has 0 amide bonds. The van der Waals surface area contributed by atoms with Crippen molar-refractivity contribution in [2.45, 2.75) is 11.4 Å². The molecule has 0 atom stereocenters. The highest BCUT2D eigenvalue weighted by Gasteiger charge is 2.51. The van der Waals surface area contributed by atoms with Gasteiger partial charge in [-0.15, -0.1) is 0 Å². The van der Waals surface area contributed by atoms with Gasteiger partial charge < -0.3 is 9.79 Å². The molecule has 146 valence electrons. The third kappa shape index (κ3) is 5.80. The van der Waals surface area contributed by atoms with Crippen molar-refractivity contribution in [1.29, 1.82) is 0 Å². The zero-order valence-electron chi connectivity index (χ0n) is 13.8. The minimum absolute atomic E-state index is 0.222. The van der Waals surface area contributed by atoms with Crippen molar-refractivity contribution in [3.8, 4) is 0 Å².